The van der Waals surface area contributed by atoms with Gasteiger partial charge in [-0.05, 0) is 31.4 Å². The lowest BCUT2D eigenvalue weighted by Crippen LogP contribution is -2.51. The molecule has 2 amide bonds. The molecule has 2 aromatic heterocycles. The second-order valence-corrected chi connectivity index (χ2v) is 5.50. The van der Waals surface area contributed by atoms with Crippen molar-refractivity contribution in [3.8, 4) is 5.82 Å². The number of likely N-dealkylation sites (tertiary alicyclic amines) is 1. The number of hydrogen-bond donors (Lipinski definition) is 1. The Balaban J connectivity index is 1.80. The number of pyridine rings is 1. The molecule has 0 radical (unpaired) electrons. The van der Waals surface area contributed by atoms with Crippen LogP contribution in [0.5, 0.6) is 0 Å². The molecular weight excluding hydrogens is 294 g/mol. The van der Waals surface area contributed by atoms with Gasteiger partial charge >= 0.3 is 0 Å². The molecule has 23 heavy (non-hydrogen) atoms. The first-order valence-electron chi connectivity index (χ1n) is 7.67. The molecule has 3 rings (SSSR count). The van der Waals surface area contributed by atoms with Crippen LogP contribution in [-0.2, 0) is 4.79 Å². The smallest absolute Gasteiger partial charge is 0.256 e. The van der Waals surface area contributed by atoms with Crippen LogP contribution in [0.3, 0.4) is 0 Å². The molecule has 0 saturated carbocycles. The summed E-state index contributed by atoms with van der Waals surface area (Å²) >= 11 is 0. The Bertz CT molecular complexity index is 681. The van der Waals surface area contributed by atoms with E-state index in [-0.39, 0.29) is 11.8 Å². The van der Waals surface area contributed by atoms with Crippen molar-refractivity contribution in [2.75, 3.05) is 13.6 Å². The minimum atomic E-state index is -0.394. The highest BCUT2D eigenvalue weighted by Crippen LogP contribution is 2.20. The quantitative estimate of drug-likeness (QED) is 0.917. The molecule has 3 heterocycles. The average Bonchev–Trinajstić information content (AvgIpc) is 3.15. The van der Waals surface area contributed by atoms with E-state index in [1.165, 1.54) is 0 Å². The molecule has 0 aliphatic carbocycles. The van der Waals surface area contributed by atoms with Crippen LogP contribution in [0.25, 0.3) is 5.82 Å². The summed E-state index contributed by atoms with van der Waals surface area (Å²) < 4.78 is 1.77. The molecule has 7 heteroatoms. The summed E-state index contributed by atoms with van der Waals surface area (Å²) in [6, 6.07) is 3.11. The zero-order valence-electron chi connectivity index (χ0n) is 13.0. The van der Waals surface area contributed by atoms with Crippen LogP contribution in [-0.4, -0.2) is 50.9 Å². The van der Waals surface area contributed by atoms with E-state index in [9.17, 15) is 9.59 Å². The van der Waals surface area contributed by atoms with Crippen molar-refractivity contribution in [2.24, 2.45) is 0 Å². The van der Waals surface area contributed by atoms with Gasteiger partial charge in [-0.2, -0.15) is 0 Å². The normalized spacial score (nSPS) is 17.8. The zero-order valence-corrected chi connectivity index (χ0v) is 13.0. The maximum Gasteiger partial charge on any atom is 0.256 e. The number of carbonyl (C=O) groups excluding carboxylic acids is 2. The van der Waals surface area contributed by atoms with E-state index in [0.29, 0.717) is 24.3 Å². The van der Waals surface area contributed by atoms with Crippen LogP contribution in [0, 0.1) is 0 Å². The number of amides is 2. The molecule has 1 fully saturated rings. The number of aromatic nitrogens is 3. The van der Waals surface area contributed by atoms with Crippen LogP contribution in [0.15, 0.2) is 37.1 Å². The third-order valence-electron chi connectivity index (χ3n) is 4.08. The average molecular weight is 313 g/mol. The van der Waals surface area contributed by atoms with Gasteiger partial charge in [0, 0.05) is 32.2 Å². The van der Waals surface area contributed by atoms with Crippen LogP contribution in [0.1, 0.15) is 29.6 Å². The number of piperidine rings is 1. The summed E-state index contributed by atoms with van der Waals surface area (Å²) in [6.07, 6.45) is 9.23. The number of rotatable bonds is 3. The Hall–Kier alpha value is -2.70. The highest BCUT2D eigenvalue weighted by atomic mass is 16.2. The number of carbonyl (C=O) groups is 2. The lowest BCUT2D eigenvalue weighted by atomic mass is 10.0. The van der Waals surface area contributed by atoms with Gasteiger partial charge in [0.05, 0.1) is 5.56 Å². The third kappa shape index (κ3) is 3.08. The predicted molar refractivity (Wildman–Crippen MR) is 84.1 cm³/mol. The predicted octanol–water partition coefficient (Wildman–Crippen LogP) is 1.01. The summed E-state index contributed by atoms with van der Waals surface area (Å²) in [6.45, 7) is 0.597. The van der Waals surface area contributed by atoms with Crippen LogP contribution < -0.4 is 5.32 Å². The highest BCUT2D eigenvalue weighted by molar-refractivity contribution is 5.97. The van der Waals surface area contributed by atoms with E-state index in [2.05, 4.69) is 15.3 Å². The number of imidazole rings is 1. The van der Waals surface area contributed by atoms with Gasteiger partial charge in [0.2, 0.25) is 5.91 Å². The Kier molecular flexibility index (Phi) is 4.36. The van der Waals surface area contributed by atoms with Gasteiger partial charge < -0.3 is 10.2 Å². The Morgan fingerprint density at radius 1 is 1.30 bits per heavy atom. The van der Waals surface area contributed by atoms with E-state index < -0.39 is 6.04 Å². The fraction of sp³-hybridized carbons (Fsp3) is 0.375. The van der Waals surface area contributed by atoms with Gasteiger partial charge in [0.25, 0.3) is 5.91 Å². The second-order valence-electron chi connectivity index (χ2n) is 5.50. The molecule has 7 nitrogen and oxygen atoms in total. The maximum atomic E-state index is 12.7. The standard InChI is InChI=1S/C16H19N5O2/c1-17-15(22)13-4-2-3-8-21(13)16(23)12-5-6-14(19-10-12)20-9-7-18-11-20/h5-7,9-11,13H,2-4,8H2,1H3,(H,17,22). The molecule has 1 unspecified atom stereocenters. The minimum absolute atomic E-state index is 0.110. The van der Waals surface area contributed by atoms with Crippen molar-refractivity contribution in [1.29, 1.82) is 0 Å². The van der Waals surface area contributed by atoms with Crippen molar-refractivity contribution in [1.82, 2.24) is 24.8 Å². The molecular formula is C16H19N5O2. The van der Waals surface area contributed by atoms with Crippen molar-refractivity contribution >= 4 is 11.8 Å². The van der Waals surface area contributed by atoms with Crippen molar-refractivity contribution < 1.29 is 9.59 Å². The number of hydrogen-bond acceptors (Lipinski definition) is 4. The third-order valence-corrected chi connectivity index (χ3v) is 4.08. The van der Waals surface area contributed by atoms with E-state index in [1.54, 1.807) is 53.6 Å². The zero-order chi connectivity index (χ0) is 16.2. The van der Waals surface area contributed by atoms with Gasteiger partial charge in [0.15, 0.2) is 0 Å². The van der Waals surface area contributed by atoms with Crippen molar-refractivity contribution in [3.05, 3.63) is 42.6 Å². The van der Waals surface area contributed by atoms with Crippen LogP contribution >= 0.6 is 0 Å². The summed E-state index contributed by atoms with van der Waals surface area (Å²) in [4.78, 5) is 34.6. The Morgan fingerprint density at radius 2 is 2.17 bits per heavy atom. The first kappa shape index (κ1) is 15.2. The summed E-state index contributed by atoms with van der Waals surface area (Å²) in [5, 5.41) is 2.64. The molecule has 1 N–H and O–H groups in total. The SMILES string of the molecule is CNC(=O)C1CCCCN1C(=O)c1ccc(-n2ccnc2)nc1. The molecule has 1 aliphatic rings. The largest absolute Gasteiger partial charge is 0.357 e. The fourth-order valence-corrected chi connectivity index (χ4v) is 2.84. The van der Waals surface area contributed by atoms with Gasteiger partial charge in [0.1, 0.15) is 18.2 Å². The molecule has 1 atom stereocenters. The number of nitrogens with zero attached hydrogens (tertiary/aromatic N) is 4. The van der Waals surface area contributed by atoms with E-state index in [4.69, 9.17) is 0 Å². The Morgan fingerprint density at radius 3 is 2.83 bits per heavy atom. The second kappa shape index (κ2) is 6.60. The molecule has 1 aliphatic heterocycles. The number of likely N-dealkylation sites (N-methyl/N-ethyl adjacent to an activating group) is 1. The van der Waals surface area contributed by atoms with E-state index in [0.717, 1.165) is 12.8 Å². The van der Waals surface area contributed by atoms with E-state index in [1.807, 2.05) is 0 Å². The molecule has 0 spiro atoms. The molecule has 120 valence electrons. The van der Waals surface area contributed by atoms with Crippen molar-refractivity contribution in [3.63, 3.8) is 0 Å². The lowest BCUT2D eigenvalue weighted by molar-refractivity contribution is -0.126. The lowest BCUT2D eigenvalue weighted by Gasteiger charge is -2.34. The molecule has 1 saturated heterocycles. The first-order chi connectivity index (χ1) is 11.2. The summed E-state index contributed by atoms with van der Waals surface area (Å²) in [5.74, 6) is 0.435. The van der Waals surface area contributed by atoms with Crippen LogP contribution in [0.2, 0.25) is 0 Å². The highest BCUT2D eigenvalue weighted by Gasteiger charge is 2.32. The molecule has 0 aromatic carbocycles. The van der Waals surface area contributed by atoms with Gasteiger partial charge in [-0.15, -0.1) is 0 Å². The number of nitrogens with one attached hydrogen (secondary N) is 1. The molecule has 2 aromatic rings. The molecule has 0 bridgehead atoms. The Labute approximate surface area is 134 Å². The fourth-order valence-electron chi connectivity index (χ4n) is 2.84. The monoisotopic (exact) mass is 313 g/mol. The van der Waals surface area contributed by atoms with E-state index >= 15 is 0 Å². The maximum absolute atomic E-state index is 12.7. The van der Waals surface area contributed by atoms with Crippen LogP contribution in [0.4, 0.5) is 0 Å². The van der Waals surface area contributed by atoms with Crippen molar-refractivity contribution in [2.45, 2.75) is 25.3 Å². The topological polar surface area (TPSA) is 80.1 Å². The van der Waals surface area contributed by atoms with Gasteiger partial charge in [-0.25, -0.2) is 9.97 Å². The summed E-state index contributed by atoms with van der Waals surface area (Å²) in [5.41, 5.74) is 0.490. The summed E-state index contributed by atoms with van der Waals surface area (Å²) in [7, 11) is 1.60. The van der Waals surface area contributed by atoms with Gasteiger partial charge in [-0.3, -0.25) is 14.2 Å². The first-order valence-corrected chi connectivity index (χ1v) is 7.67. The minimum Gasteiger partial charge on any atom is -0.357 e. The van der Waals surface area contributed by atoms with Gasteiger partial charge in [-0.1, -0.05) is 0 Å².